The van der Waals surface area contributed by atoms with E-state index in [0.717, 1.165) is 5.56 Å². The number of nitrogens with two attached hydrogens (primary N) is 1. The van der Waals surface area contributed by atoms with E-state index in [9.17, 15) is 0 Å². The molecule has 0 aliphatic heterocycles. The van der Waals surface area contributed by atoms with Crippen LogP contribution in [0.3, 0.4) is 0 Å². The summed E-state index contributed by atoms with van der Waals surface area (Å²) in [5.74, 6) is 0.593. The Morgan fingerprint density at radius 3 is 2.83 bits per heavy atom. The van der Waals surface area contributed by atoms with Gasteiger partial charge in [-0.15, -0.1) is 6.58 Å². The third-order valence-corrected chi connectivity index (χ3v) is 1.61. The van der Waals surface area contributed by atoms with E-state index in [1.54, 1.807) is 25.4 Å². The highest BCUT2D eigenvalue weighted by molar-refractivity contribution is 5.22. The van der Waals surface area contributed by atoms with Crippen LogP contribution in [0.2, 0.25) is 0 Å². The molecule has 0 bridgehead atoms. The van der Waals surface area contributed by atoms with Crippen LogP contribution in [0.4, 0.5) is 0 Å². The van der Waals surface area contributed by atoms with Crippen LogP contribution in [0.5, 0.6) is 5.88 Å². The molecule has 0 radical (unpaired) electrons. The zero-order chi connectivity index (χ0) is 8.97. The average Bonchev–Trinajstić information content (AvgIpc) is 2.17. The number of nitrogens with zero attached hydrogens (tertiary/aromatic N) is 1. The van der Waals surface area contributed by atoms with Crippen molar-refractivity contribution >= 4 is 0 Å². The Morgan fingerprint density at radius 1 is 1.67 bits per heavy atom. The Bertz CT molecular complexity index is 256. The van der Waals surface area contributed by atoms with Gasteiger partial charge in [0.2, 0.25) is 5.88 Å². The molecule has 0 amide bonds. The quantitative estimate of drug-likeness (QED) is 0.684. The Hall–Kier alpha value is -1.35. The van der Waals surface area contributed by atoms with Crippen molar-refractivity contribution in [2.24, 2.45) is 5.73 Å². The Labute approximate surface area is 71.9 Å². The van der Waals surface area contributed by atoms with Gasteiger partial charge in [-0.25, -0.2) is 4.98 Å². The summed E-state index contributed by atoms with van der Waals surface area (Å²) in [6.45, 7) is 3.60. The molecule has 0 saturated carbocycles. The zero-order valence-corrected chi connectivity index (χ0v) is 7.03. The molecular weight excluding hydrogens is 152 g/mol. The number of ether oxygens (including phenoxy) is 1. The summed E-state index contributed by atoms with van der Waals surface area (Å²) in [7, 11) is 1.58. The first-order valence-electron chi connectivity index (χ1n) is 3.66. The summed E-state index contributed by atoms with van der Waals surface area (Å²) in [6.07, 6.45) is 3.36. The van der Waals surface area contributed by atoms with E-state index >= 15 is 0 Å². The second-order valence-corrected chi connectivity index (χ2v) is 2.40. The molecule has 0 aromatic carbocycles. The molecular formula is C9H12N2O. The third kappa shape index (κ3) is 1.83. The smallest absolute Gasteiger partial charge is 0.212 e. The van der Waals surface area contributed by atoms with Gasteiger partial charge in [0.05, 0.1) is 7.11 Å². The molecule has 0 aliphatic carbocycles. The highest BCUT2D eigenvalue weighted by atomic mass is 16.5. The maximum Gasteiger partial charge on any atom is 0.212 e. The Kier molecular flexibility index (Phi) is 2.82. The average molecular weight is 164 g/mol. The molecule has 3 heteroatoms. The predicted molar refractivity (Wildman–Crippen MR) is 47.9 cm³/mol. The first-order chi connectivity index (χ1) is 5.77. The van der Waals surface area contributed by atoms with Crippen LogP contribution in [-0.4, -0.2) is 12.1 Å². The molecule has 12 heavy (non-hydrogen) atoms. The van der Waals surface area contributed by atoms with Crippen molar-refractivity contribution in [3.63, 3.8) is 0 Å². The monoisotopic (exact) mass is 164 g/mol. The number of aromatic nitrogens is 1. The summed E-state index contributed by atoms with van der Waals surface area (Å²) in [6, 6.07) is 3.50. The van der Waals surface area contributed by atoms with Crippen LogP contribution in [0, 0.1) is 0 Å². The SMILES string of the molecule is C=CC(N)c1ccc(OC)nc1. The maximum absolute atomic E-state index is 5.69. The highest BCUT2D eigenvalue weighted by Crippen LogP contribution is 2.12. The number of hydrogen-bond donors (Lipinski definition) is 1. The second-order valence-electron chi connectivity index (χ2n) is 2.40. The molecule has 1 heterocycles. The van der Waals surface area contributed by atoms with E-state index in [0.29, 0.717) is 5.88 Å². The highest BCUT2D eigenvalue weighted by Gasteiger charge is 2.00. The maximum atomic E-state index is 5.69. The number of hydrogen-bond acceptors (Lipinski definition) is 3. The first kappa shape index (κ1) is 8.74. The van der Waals surface area contributed by atoms with Crippen molar-refractivity contribution in [1.29, 1.82) is 0 Å². The van der Waals surface area contributed by atoms with E-state index < -0.39 is 0 Å². The summed E-state index contributed by atoms with van der Waals surface area (Å²) in [4.78, 5) is 4.02. The predicted octanol–water partition coefficient (Wildman–Crippen LogP) is 1.28. The number of methoxy groups -OCH3 is 1. The molecule has 1 aromatic rings. The van der Waals surface area contributed by atoms with Crippen molar-refractivity contribution in [3.05, 3.63) is 36.5 Å². The Morgan fingerprint density at radius 2 is 2.42 bits per heavy atom. The van der Waals surface area contributed by atoms with E-state index in [1.165, 1.54) is 0 Å². The standard InChI is InChI=1S/C9H12N2O/c1-3-8(10)7-4-5-9(12-2)11-6-7/h3-6,8H,1,10H2,2H3. The van der Waals surface area contributed by atoms with Crippen molar-refractivity contribution in [1.82, 2.24) is 4.98 Å². The molecule has 0 saturated heterocycles. The molecule has 3 nitrogen and oxygen atoms in total. The molecule has 0 spiro atoms. The van der Waals surface area contributed by atoms with Gasteiger partial charge in [-0.05, 0) is 5.56 Å². The molecule has 0 aliphatic rings. The van der Waals surface area contributed by atoms with Crippen molar-refractivity contribution in [2.45, 2.75) is 6.04 Å². The summed E-state index contributed by atoms with van der Waals surface area (Å²) < 4.78 is 4.90. The van der Waals surface area contributed by atoms with E-state index in [2.05, 4.69) is 11.6 Å². The summed E-state index contributed by atoms with van der Waals surface area (Å²) in [5, 5.41) is 0. The zero-order valence-electron chi connectivity index (χ0n) is 7.03. The number of rotatable bonds is 3. The van der Waals surface area contributed by atoms with Crippen LogP contribution in [0.25, 0.3) is 0 Å². The van der Waals surface area contributed by atoms with Crippen LogP contribution in [0.15, 0.2) is 31.0 Å². The van der Waals surface area contributed by atoms with Gasteiger partial charge in [0.15, 0.2) is 0 Å². The molecule has 1 atom stereocenters. The van der Waals surface area contributed by atoms with Gasteiger partial charge in [0.25, 0.3) is 0 Å². The lowest BCUT2D eigenvalue weighted by atomic mass is 10.1. The second kappa shape index (κ2) is 3.88. The van der Waals surface area contributed by atoms with Gasteiger partial charge in [0, 0.05) is 18.3 Å². The molecule has 1 unspecified atom stereocenters. The van der Waals surface area contributed by atoms with E-state index in [4.69, 9.17) is 10.5 Å². The fourth-order valence-corrected chi connectivity index (χ4v) is 0.846. The lowest BCUT2D eigenvalue weighted by molar-refractivity contribution is 0.397. The molecule has 0 fully saturated rings. The van der Waals surface area contributed by atoms with Crippen LogP contribution < -0.4 is 10.5 Å². The van der Waals surface area contributed by atoms with Gasteiger partial charge in [0.1, 0.15) is 0 Å². The minimum Gasteiger partial charge on any atom is -0.481 e. The third-order valence-electron chi connectivity index (χ3n) is 1.61. The minimum atomic E-state index is -0.150. The largest absolute Gasteiger partial charge is 0.481 e. The molecule has 1 aromatic heterocycles. The van der Waals surface area contributed by atoms with E-state index in [-0.39, 0.29) is 6.04 Å². The van der Waals surface area contributed by atoms with Crippen molar-refractivity contribution in [3.8, 4) is 5.88 Å². The summed E-state index contributed by atoms with van der Waals surface area (Å²) >= 11 is 0. The van der Waals surface area contributed by atoms with Crippen LogP contribution in [-0.2, 0) is 0 Å². The molecule has 1 rings (SSSR count). The van der Waals surface area contributed by atoms with Crippen molar-refractivity contribution < 1.29 is 4.74 Å². The lowest BCUT2D eigenvalue weighted by Gasteiger charge is -2.05. The summed E-state index contributed by atoms with van der Waals surface area (Å²) in [5.41, 5.74) is 6.62. The van der Waals surface area contributed by atoms with Gasteiger partial charge in [-0.2, -0.15) is 0 Å². The van der Waals surface area contributed by atoms with Gasteiger partial charge in [-0.3, -0.25) is 0 Å². The van der Waals surface area contributed by atoms with E-state index in [1.807, 2.05) is 6.07 Å². The minimum absolute atomic E-state index is 0.150. The lowest BCUT2D eigenvalue weighted by Crippen LogP contribution is -2.06. The van der Waals surface area contributed by atoms with Gasteiger partial charge in [-0.1, -0.05) is 12.1 Å². The topological polar surface area (TPSA) is 48.1 Å². The van der Waals surface area contributed by atoms with Crippen LogP contribution >= 0.6 is 0 Å². The first-order valence-corrected chi connectivity index (χ1v) is 3.66. The fourth-order valence-electron chi connectivity index (χ4n) is 0.846. The van der Waals surface area contributed by atoms with Gasteiger partial charge < -0.3 is 10.5 Å². The Balaban J connectivity index is 2.84. The molecule has 2 N–H and O–H groups in total. The fraction of sp³-hybridized carbons (Fsp3) is 0.222. The normalized spacial score (nSPS) is 12.2. The number of pyridine rings is 1. The molecule has 64 valence electrons. The van der Waals surface area contributed by atoms with Gasteiger partial charge >= 0.3 is 0 Å². The van der Waals surface area contributed by atoms with Crippen molar-refractivity contribution in [2.75, 3.05) is 7.11 Å². The van der Waals surface area contributed by atoms with Crippen LogP contribution in [0.1, 0.15) is 11.6 Å².